The highest BCUT2D eigenvalue weighted by molar-refractivity contribution is 5.81. The minimum absolute atomic E-state index is 0.312. The highest BCUT2D eigenvalue weighted by atomic mass is 16.5. The van der Waals surface area contributed by atoms with Crippen LogP contribution in [0.1, 0.15) is 25.8 Å². The van der Waals surface area contributed by atoms with Crippen LogP contribution in [0.5, 0.6) is 5.75 Å². The summed E-state index contributed by atoms with van der Waals surface area (Å²) in [6.07, 6.45) is 1.86. The van der Waals surface area contributed by atoms with Crippen molar-refractivity contribution >= 4 is 11.0 Å². The topological polar surface area (TPSA) is 39.4 Å². The largest absolute Gasteiger partial charge is 0.489 e. The number of hydrogen-bond acceptors (Lipinski definition) is 3. The lowest BCUT2D eigenvalue weighted by Crippen LogP contribution is -2.01. The Bertz CT molecular complexity index is 653. The van der Waals surface area contributed by atoms with Gasteiger partial charge in [0.15, 0.2) is 0 Å². The summed E-state index contributed by atoms with van der Waals surface area (Å²) in [5.74, 6) is 0.687. The molecule has 3 heteroatoms. The molecule has 0 aliphatic heterocycles. The van der Waals surface area contributed by atoms with Crippen molar-refractivity contribution in [3.05, 3.63) is 52.4 Å². The molecular formula is C16H18O3. The Hall–Kier alpha value is -2.03. The van der Waals surface area contributed by atoms with E-state index < -0.39 is 0 Å². The van der Waals surface area contributed by atoms with E-state index in [9.17, 15) is 4.79 Å². The Labute approximate surface area is 112 Å². The number of ether oxygens (including phenoxy) is 1. The lowest BCUT2D eigenvalue weighted by Gasteiger charge is -2.08. The maximum atomic E-state index is 11.5. The Morgan fingerprint density at radius 3 is 2.84 bits per heavy atom. The molecule has 0 aliphatic rings. The van der Waals surface area contributed by atoms with Crippen LogP contribution in [0.4, 0.5) is 0 Å². The molecule has 0 aliphatic carbocycles. The van der Waals surface area contributed by atoms with Crippen LogP contribution in [0.15, 0.2) is 45.6 Å². The van der Waals surface area contributed by atoms with Gasteiger partial charge in [0.25, 0.3) is 0 Å². The van der Waals surface area contributed by atoms with Gasteiger partial charge >= 0.3 is 5.63 Å². The standard InChI is InChI=1S/C16H18O3/c1-4-5-12-8-16(17)19-15-9-13(6-7-14(12)15)18-10-11(2)3/h6-9H,2,4-5,10H2,1,3H3. The van der Waals surface area contributed by atoms with Crippen molar-refractivity contribution in [2.24, 2.45) is 0 Å². The molecule has 0 spiro atoms. The lowest BCUT2D eigenvalue weighted by molar-refractivity contribution is 0.352. The lowest BCUT2D eigenvalue weighted by atomic mass is 10.1. The summed E-state index contributed by atoms with van der Waals surface area (Å²) < 4.78 is 10.8. The number of hydrogen-bond donors (Lipinski definition) is 0. The van der Waals surface area contributed by atoms with E-state index >= 15 is 0 Å². The summed E-state index contributed by atoms with van der Waals surface area (Å²) in [4.78, 5) is 11.5. The molecule has 3 nitrogen and oxygen atoms in total. The van der Waals surface area contributed by atoms with E-state index in [1.165, 1.54) is 0 Å². The fraction of sp³-hybridized carbons (Fsp3) is 0.312. The number of benzene rings is 1. The van der Waals surface area contributed by atoms with Gasteiger partial charge in [0.05, 0.1) is 0 Å². The molecule has 0 atom stereocenters. The zero-order valence-electron chi connectivity index (χ0n) is 11.4. The SMILES string of the molecule is C=C(C)COc1ccc2c(CCC)cc(=O)oc2c1. The van der Waals surface area contributed by atoms with Gasteiger partial charge in [-0.25, -0.2) is 4.79 Å². The van der Waals surface area contributed by atoms with E-state index in [2.05, 4.69) is 13.5 Å². The zero-order chi connectivity index (χ0) is 13.8. The maximum absolute atomic E-state index is 11.5. The zero-order valence-corrected chi connectivity index (χ0v) is 11.4. The summed E-state index contributed by atoms with van der Waals surface area (Å²) in [6.45, 7) is 8.24. The Morgan fingerprint density at radius 2 is 2.16 bits per heavy atom. The highest BCUT2D eigenvalue weighted by Crippen LogP contribution is 2.23. The Balaban J connectivity index is 2.42. The van der Waals surface area contributed by atoms with Crippen molar-refractivity contribution in [3.8, 4) is 5.75 Å². The van der Waals surface area contributed by atoms with Gasteiger partial charge in [-0.05, 0) is 36.6 Å². The minimum atomic E-state index is -0.312. The fourth-order valence-corrected chi connectivity index (χ4v) is 1.98. The van der Waals surface area contributed by atoms with Gasteiger partial charge in [-0.3, -0.25) is 0 Å². The molecule has 2 rings (SSSR count). The first-order valence-electron chi connectivity index (χ1n) is 6.44. The molecule has 0 saturated carbocycles. The quantitative estimate of drug-likeness (QED) is 0.606. The fourth-order valence-electron chi connectivity index (χ4n) is 1.98. The minimum Gasteiger partial charge on any atom is -0.489 e. The van der Waals surface area contributed by atoms with Crippen LogP contribution in [0.2, 0.25) is 0 Å². The highest BCUT2D eigenvalue weighted by Gasteiger charge is 2.06. The van der Waals surface area contributed by atoms with Crippen molar-refractivity contribution < 1.29 is 9.15 Å². The molecule has 1 aromatic heterocycles. The molecular weight excluding hydrogens is 240 g/mol. The molecule has 0 radical (unpaired) electrons. The van der Waals surface area contributed by atoms with Gasteiger partial charge in [-0.15, -0.1) is 0 Å². The summed E-state index contributed by atoms with van der Waals surface area (Å²) in [6, 6.07) is 7.17. The summed E-state index contributed by atoms with van der Waals surface area (Å²) in [5, 5.41) is 0.976. The second-order valence-corrected chi connectivity index (χ2v) is 4.74. The molecule has 0 fully saturated rings. The third-order valence-corrected chi connectivity index (χ3v) is 2.81. The Morgan fingerprint density at radius 1 is 1.37 bits per heavy atom. The first kappa shape index (κ1) is 13.4. The summed E-state index contributed by atoms with van der Waals surface area (Å²) in [5.41, 5.74) is 2.24. The molecule has 0 saturated heterocycles. The smallest absolute Gasteiger partial charge is 0.336 e. The number of fused-ring (bicyclic) bond motifs is 1. The van der Waals surface area contributed by atoms with Crippen molar-refractivity contribution in [2.75, 3.05) is 6.61 Å². The average Bonchev–Trinajstić information content (AvgIpc) is 2.36. The third-order valence-electron chi connectivity index (χ3n) is 2.81. The van der Waals surface area contributed by atoms with Gasteiger partial charge in [0.1, 0.15) is 17.9 Å². The van der Waals surface area contributed by atoms with Crippen molar-refractivity contribution in [2.45, 2.75) is 26.7 Å². The van der Waals surface area contributed by atoms with Crippen LogP contribution >= 0.6 is 0 Å². The van der Waals surface area contributed by atoms with Crippen LogP contribution < -0.4 is 10.4 Å². The van der Waals surface area contributed by atoms with Gasteiger partial charge in [-0.1, -0.05) is 19.9 Å². The van der Waals surface area contributed by atoms with Crippen LogP contribution in [0.25, 0.3) is 11.0 Å². The van der Waals surface area contributed by atoms with E-state index in [1.807, 2.05) is 19.1 Å². The van der Waals surface area contributed by atoms with Crippen LogP contribution in [0, 0.1) is 0 Å². The van der Waals surface area contributed by atoms with Gasteiger partial charge in [0, 0.05) is 17.5 Å². The van der Waals surface area contributed by atoms with E-state index in [0.717, 1.165) is 29.4 Å². The average molecular weight is 258 g/mol. The molecule has 0 amide bonds. The first-order valence-corrected chi connectivity index (χ1v) is 6.44. The van der Waals surface area contributed by atoms with E-state index in [4.69, 9.17) is 9.15 Å². The molecule has 19 heavy (non-hydrogen) atoms. The van der Waals surface area contributed by atoms with Crippen LogP contribution in [-0.2, 0) is 6.42 Å². The molecule has 100 valence electrons. The van der Waals surface area contributed by atoms with E-state index in [0.29, 0.717) is 17.9 Å². The van der Waals surface area contributed by atoms with Crippen LogP contribution in [-0.4, -0.2) is 6.61 Å². The van der Waals surface area contributed by atoms with Crippen molar-refractivity contribution in [1.29, 1.82) is 0 Å². The maximum Gasteiger partial charge on any atom is 0.336 e. The summed E-state index contributed by atoms with van der Waals surface area (Å²) >= 11 is 0. The number of aryl methyl sites for hydroxylation is 1. The number of rotatable bonds is 5. The monoisotopic (exact) mass is 258 g/mol. The second-order valence-electron chi connectivity index (χ2n) is 4.74. The van der Waals surface area contributed by atoms with Crippen molar-refractivity contribution in [1.82, 2.24) is 0 Å². The van der Waals surface area contributed by atoms with E-state index in [1.54, 1.807) is 12.1 Å². The van der Waals surface area contributed by atoms with E-state index in [-0.39, 0.29) is 5.63 Å². The molecule has 0 bridgehead atoms. The molecule has 2 aromatic rings. The molecule has 1 aromatic carbocycles. The third kappa shape index (κ3) is 3.25. The van der Waals surface area contributed by atoms with Gasteiger partial charge in [0.2, 0.25) is 0 Å². The molecule has 1 heterocycles. The second kappa shape index (κ2) is 5.74. The van der Waals surface area contributed by atoms with Gasteiger partial charge < -0.3 is 9.15 Å². The Kier molecular flexibility index (Phi) is 4.05. The molecule has 0 N–H and O–H groups in total. The van der Waals surface area contributed by atoms with Gasteiger partial charge in [-0.2, -0.15) is 0 Å². The van der Waals surface area contributed by atoms with Crippen molar-refractivity contribution in [3.63, 3.8) is 0 Å². The predicted molar refractivity (Wildman–Crippen MR) is 76.8 cm³/mol. The summed E-state index contributed by atoms with van der Waals surface area (Å²) in [7, 11) is 0. The molecule has 0 unspecified atom stereocenters. The predicted octanol–water partition coefficient (Wildman–Crippen LogP) is 3.70. The normalized spacial score (nSPS) is 10.6. The first-order chi connectivity index (χ1) is 9.10. The van der Waals surface area contributed by atoms with Crippen LogP contribution in [0.3, 0.4) is 0 Å².